The zero-order valence-electron chi connectivity index (χ0n) is 17.3. The Balaban J connectivity index is 1.38. The third-order valence-electron chi connectivity index (χ3n) is 5.82. The summed E-state index contributed by atoms with van der Waals surface area (Å²) in [7, 11) is 0. The molecule has 0 saturated carbocycles. The molecule has 2 heterocycles. The Morgan fingerprint density at radius 3 is 2.60 bits per heavy atom. The molecule has 2 aliphatic heterocycles. The number of imide groups is 1. The van der Waals surface area contributed by atoms with Gasteiger partial charge in [0.05, 0.1) is 11.1 Å². The fourth-order valence-electron chi connectivity index (χ4n) is 4.16. The minimum absolute atomic E-state index is 0.0767. The Labute approximate surface area is 176 Å². The number of unbranched alkanes of at least 4 members (excludes halogenated alkanes) is 1. The van der Waals surface area contributed by atoms with E-state index in [0.717, 1.165) is 38.9 Å². The van der Waals surface area contributed by atoms with E-state index in [4.69, 9.17) is 0 Å². The Hall–Kier alpha value is -2.99. The van der Waals surface area contributed by atoms with E-state index >= 15 is 0 Å². The quantitative estimate of drug-likeness (QED) is 0.719. The van der Waals surface area contributed by atoms with Crippen molar-refractivity contribution in [3.05, 3.63) is 70.8 Å². The second kappa shape index (κ2) is 8.79. The molecule has 1 atom stereocenters. The molecule has 0 aliphatic carbocycles. The van der Waals surface area contributed by atoms with E-state index in [-0.39, 0.29) is 23.8 Å². The van der Waals surface area contributed by atoms with E-state index in [2.05, 4.69) is 22.3 Å². The van der Waals surface area contributed by atoms with Crippen LogP contribution < -0.4 is 5.32 Å². The summed E-state index contributed by atoms with van der Waals surface area (Å²) in [6, 6.07) is 15.2. The monoisotopic (exact) mass is 405 g/mol. The number of carbonyl (C=O) groups is 3. The van der Waals surface area contributed by atoms with Gasteiger partial charge in [-0.05, 0) is 36.6 Å². The number of hydrogen-bond donors (Lipinski definition) is 1. The van der Waals surface area contributed by atoms with Crippen molar-refractivity contribution in [2.24, 2.45) is 0 Å². The van der Waals surface area contributed by atoms with Crippen LogP contribution in [-0.2, 0) is 6.54 Å². The van der Waals surface area contributed by atoms with Gasteiger partial charge in [0.25, 0.3) is 17.7 Å². The van der Waals surface area contributed by atoms with E-state index in [1.807, 2.05) is 25.1 Å². The van der Waals surface area contributed by atoms with Crippen molar-refractivity contribution in [1.82, 2.24) is 15.1 Å². The van der Waals surface area contributed by atoms with Gasteiger partial charge in [0.1, 0.15) is 0 Å². The molecule has 2 aromatic rings. The molecular formula is C24H27N3O3. The smallest absolute Gasteiger partial charge is 0.261 e. The first-order chi connectivity index (χ1) is 14.6. The second-order valence-electron chi connectivity index (χ2n) is 8.06. The van der Waals surface area contributed by atoms with Crippen LogP contribution in [0.3, 0.4) is 0 Å². The molecule has 0 spiro atoms. The molecule has 0 aromatic heterocycles. The predicted molar refractivity (Wildman–Crippen MR) is 114 cm³/mol. The molecular weight excluding hydrogens is 378 g/mol. The lowest BCUT2D eigenvalue weighted by Gasteiger charge is -2.17. The highest BCUT2D eigenvalue weighted by Crippen LogP contribution is 2.24. The van der Waals surface area contributed by atoms with Crippen molar-refractivity contribution in [3.63, 3.8) is 0 Å². The summed E-state index contributed by atoms with van der Waals surface area (Å²) in [5.74, 6) is -0.757. The number of fused-ring (bicyclic) bond motifs is 1. The van der Waals surface area contributed by atoms with Crippen LogP contribution in [0.2, 0.25) is 0 Å². The number of likely N-dealkylation sites (tertiary alicyclic amines) is 1. The molecule has 0 radical (unpaired) electrons. The minimum atomic E-state index is -0.298. The predicted octanol–water partition coefficient (Wildman–Crippen LogP) is 3.09. The van der Waals surface area contributed by atoms with Gasteiger partial charge in [0.15, 0.2) is 0 Å². The Kier molecular flexibility index (Phi) is 5.95. The molecule has 1 fully saturated rings. The molecule has 1 saturated heterocycles. The Bertz CT molecular complexity index is 957. The van der Waals surface area contributed by atoms with Gasteiger partial charge in [0, 0.05) is 37.8 Å². The molecule has 4 rings (SSSR count). The van der Waals surface area contributed by atoms with Crippen LogP contribution in [0.4, 0.5) is 0 Å². The number of nitrogens with one attached hydrogen (secondary N) is 1. The summed E-state index contributed by atoms with van der Waals surface area (Å²) in [6.45, 7) is 5.04. The average Bonchev–Trinajstić information content (AvgIpc) is 3.29. The van der Waals surface area contributed by atoms with Crippen molar-refractivity contribution < 1.29 is 14.4 Å². The molecule has 2 aliphatic rings. The van der Waals surface area contributed by atoms with Gasteiger partial charge in [-0.1, -0.05) is 43.7 Å². The second-order valence-corrected chi connectivity index (χ2v) is 8.06. The number of carbonyl (C=O) groups excluding carboxylic acids is 3. The number of amides is 3. The lowest BCUT2D eigenvalue weighted by Crippen LogP contribution is -2.37. The summed E-state index contributed by atoms with van der Waals surface area (Å²) in [4.78, 5) is 41.5. The maximum absolute atomic E-state index is 12.8. The van der Waals surface area contributed by atoms with Crippen LogP contribution in [0.25, 0.3) is 0 Å². The minimum Gasteiger partial charge on any atom is -0.348 e. The lowest BCUT2D eigenvalue weighted by atomic mass is 10.0. The average molecular weight is 405 g/mol. The van der Waals surface area contributed by atoms with Gasteiger partial charge in [-0.3, -0.25) is 24.2 Å². The summed E-state index contributed by atoms with van der Waals surface area (Å²) in [5, 5.41) is 3.08. The first-order valence-electron chi connectivity index (χ1n) is 10.6. The van der Waals surface area contributed by atoms with Crippen LogP contribution in [0.1, 0.15) is 62.8 Å². The molecule has 6 nitrogen and oxygen atoms in total. The third-order valence-corrected chi connectivity index (χ3v) is 5.82. The van der Waals surface area contributed by atoms with Crippen LogP contribution in [0, 0.1) is 0 Å². The molecule has 0 bridgehead atoms. The van der Waals surface area contributed by atoms with Crippen LogP contribution in [0.5, 0.6) is 0 Å². The highest BCUT2D eigenvalue weighted by Gasteiger charge is 2.35. The molecule has 0 unspecified atom stereocenters. The van der Waals surface area contributed by atoms with Crippen molar-refractivity contribution in [2.45, 2.75) is 38.8 Å². The van der Waals surface area contributed by atoms with E-state index in [1.54, 1.807) is 18.2 Å². The maximum atomic E-state index is 12.8. The molecule has 6 heteroatoms. The van der Waals surface area contributed by atoms with Gasteiger partial charge in [-0.25, -0.2) is 0 Å². The van der Waals surface area contributed by atoms with Crippen LogP contribution >= 0.6 is 0 Å². The highest BCUT2D eigenvalue weighted by molar-refractivity contribution is 6.22. The van der Waals surface area contributed by atoms with Crippen LogP contribution in [-0.4, -0.2) is 53.2 Å². The summed E-state index contributed by atoms with van der Waals surface area (Å²) in [6.07, 6.45) is 2.58. The number of hydrogen-bond acceptors (Lipinski definition) is 4. The third kappa shape index (κ3) is 4.14. The van der Waals surface area contributed by atoms with Gasteiger partial charge in [-0.15, -0.1) is 0 Å². The van der Waals surface area contributed by atoms with Crippen molar-refractivity contribution in [1.29, 1.82) is 0 Å². The van der Waals surface area contributed by atoms with Gasteiger partial charge in [-0.2, -0.15) is 0 Å². The van der Waals surface area contributed by atoms with Crippen molar-refractivity contribution in [3.8, 4) is 0 Å². The fourth-order valence-corrected chi connectivity index (χ4v) is 4.16. The summed E-state index contributed by atoms with van der Waals surface area (Å²) >= 11 is 0. The standard InChI is InChI=1S/C24H27N3O3/c1-2-3-12-27-23(29)20-10-9-18(14-21(20)24(27)30)22(28)25-19-11-13-26(16-19)15-17-7-5-4-6-8-17/h4-10,14,19H,2-3,11-13,15-16H2,1H3,(H,25,28)/t19-/m1/s1. The SMILES string of the molecule is CCCCN1C(=O)c2ccc(C(=O)N[C@@H]3CCN(Cc4ccccc4)C3)cc2C1=O. The molecule has 2 aromatic carbocycles. The Morgan fingerprint density at radius 1 is 1.07 bits per heavy atom. The van der Waals surface area contributed by atoms with Gasteiger partial charge in [0.2, 0.25) is 0 Å². The summed E-state index contributed by atoms with van der Waals surface area (Å²) < 4.78 is 0. The molecule has 30 heavy (non-hydrogen) atoms. The molecule has 3 amide bonds. The number of rotatable bonds is 7. The Morgan fingerprint density at radius 2 is 1.83 bits per heavy atom. The first-order valence-corrected chi connectivity index (χ1v) is 10.6. The zero-order valence-corrected chi connectivity index (χ0v) is 17.3. The maximum Gasteiger partial charge on any atom is 0.261 e. The van der Waals surface area contributed by atoms with E-state index < -0.39 is 0 Å². The fraction of sp³-hybridized carbons (Fsp3) is 0.375. The molecule has 1 N–H and O–H groups in total. The van der Waals surface area contributed by atoms with Gasteiger partial charge < -0.3 is 5.32 Å². The topological polar surface area (TPSA) is 69.7 Å². The first kappa shape index (κ1) is 20.3. The van der Waals surface area contributed by atoms with E-state index in [9.17, 15) is 14.4 Å². The summed E-state index contributed by atoms with van der Waals surface area (Å²) in [5.41, 5.74) is 2.41. The van der Waals surface area contributed by atoms with Crippen molar-refractivity contribution >= 4 is 17.7 Å². The van der Waals surface area contributed by atoms with E-state index in [0.29, 0.717) is 23.2 Å². The van der Waals surface area contributed by atoms with Crippen LogP contribution in [0.15, 0.2) is 48.5 Å². The zero-order chi connectivity index (χ0) is 21.1. The van der Waals surface area contributed by atoms with E-state index in [1.165, 1.54) is 10.5 Å². The number of nitrogens with zero attached hydrogens (tertiary/aromatic N) is 2. The van der Waals surface area contributed by atoms with Gasteiger partial charge >= 0.3 is 0 Å². The lowest BCUT2D eigenvalue weighted by molar-refractivity contribution is 0.0652. The highest BCUT2D eigenvalue weighted by atomic mass is 16.2. The number of benzene rings is 2. The molecule has 156 valence electrons. The largest absolute Gasteiger partial charge is 0.348 e. The van der Waals surface area contributed by atoms with Crippen molar-refractivity contribution in [2.75, 3.05) is 19.6 Å². The normalized spacial score (nSPS) is 18.7.